The van der Waals surface area contributed by atoms with Crippen LogP contribution in [0.15, 0.2) is 0 Å². The van der Waals surface area contributed by atoms with Crippen molar-refractivity contribution in [2.45, 2.75) is 45.6 Å². The zero-order chi connectivity index (χ0) is 17.3. The second-order valence-corrected chi connectivity index (χ2v) is 7.32. The number of carbonyl (C=O) groups excluding carboxylic acids is 1. The van der Waals surface area contributed by atoms with Gasteiger partial charge in [0.05, 0.1) is 24.9 Å². The number of hydrogen-bond donors (Lipinski definition) is 0. The van der Waals surface area contributed by atoms with Crippen molar-refractivity contribution in [1.82, 2.24) is 19.6 Å². The predicted octanol–water partition coefficient (Wildman–Crippen LogP) is 2.13. The fourth-order valence-corrected chi connectivity index (χ4v) is 4.15. The molecule has 0 aromatic carbocycles. The standard InChI is InChI=1S/C18H30N4O2/c1-13-7-10-21(11-8-13)16(23)12-22-9-5-6-15(22)17-14(2)19-20(3)18(17)24-4/h13,15H,5-12H2,1-4H3/t15-/m0/s1. The molecule has 0 saturated carbocycles. The first kappa shape index (κ1) is 17.3. The minimum atomic E-state index is 0.237. The molecule has 2 aliphatic rings. The van der Waals surface area contributed by atoms with E-state index in [1.54, 1.807) is 11.8 Å². The van der Waals surface area contributed by atoms with Gasteiger partial charge in [-0.1, -0.05) is 6.92 Å². The van der Waals surface area contributed by atoms with E-state index in [-0.39, 0.29) is 11.9 Å². The molecule has 0 radical (unpaired) electrons. The third kappa shape index (κ3) is 3.29. The van der Waals surface area contributed by atoms with Crippen LogP contribution in [-0.4, -0.2) is 58.8 Å². The molecule has 0 bridgehead atoms. The van der Waals surface area contributed by atoms with Gasteiger partial charge in [0.25, 0.3) is 0 Å². The molecule has 0 spiro atoms. The Bertz CT molecular complexity index is 590. The molecule has 1 aromatic rings. The van der Waals surface area contributed by atoms with E-state index >= 15 is 0 Å². The summed E-state index contributed by atoms with van der Waals surface area (Å²) in [4.78, 5) is 17.1. The minimum Gasteiger partial charge on any atom is -0.481 e. The maximum absolute atomic E-state index is 12.7. The lowest BCUT2D eigenvalue weighted by Crippen LogP contribution is -2.43. The van der Waals surface area contributed by atoms with Crippen molar-refractivity contribution in [1.29, 1.82) is 0 Å². The molecule has 24 heavy (non-hydrogen) atoms. The lowest BCUT2D eigenvalue weighted by atomic mass is 9.99. The van der Waals surface area contributed by atoms with E-state index in [4.69, 9.17) is 4.74 Å². The van der Waals surface area contributed by atoms with Gasteiger partial charge in [-0.2, -0.15) is 5.10 Å². The van der Waals surface area contributed by atoms with Crippen molar-refractivity contribution in [3.05, 3.63) is 11.3 Å². The summed E-state index contributed by atoms with van der Waals surface area (Å²) in [5, 5.41) is 4.51. The molecule has 0 aliphatic carbocycles. The van der Waals surface area contributed by atoms with E-state index < -0.39 is 0 Å². The number of piperidine rings is 1. The first-order chi connectivity index (χ1) is 11.5. The van der Waals surface area contributed by atoms with E-state index in [1.807, 2.05) is 18.9 Å². The lowest BCUT2D eigenvalue weighted by Gasteiger charge is -2.33. The molecular formula is C18H30N4O2. The molecule has 1 aromatic heterocycles. The van der Waals surface area contributed by atoms with E-state index in [2.05, 4.69) is 16.9 Å². The molecule has 3 heterocycles. The summed E-state index contributed by atoms with van der Waals surface area (Å²) < 4.78 is 7.37. The van der Waals surface area contributed by atoms with Crippen LogP contribution in [0.4, 0.5) is 0 Å². The fourth-order valence-electron chi connectivity index (χ4n) is 4.15. The molecule has 0 unspecified atom stereocenters. The Hall–Kier alpha value is -1.56. The largest absolute Gasteiger partial charge is 0.481 e. The highest BCUT2D eigenvalue weighted by Gasteiger charge is 2.34. The third-order valence-corrected chi connectivity index (χ3v) is 5.58. The van der Waals surface area contributed by atoms with Gasteiger partial charge in [0.1, 0.15) is 0 Å². The van der Waals surface area contributed by atoms with Crippen molar-refractivity contribution in [2.75, 3.05) is 33.3 Å². The second-order valence-electron chi connectivity index (χ2n) is 7.32. The van der Waals surface area contributed by atoms with Crippen LogP contribution < -0.4 is 4.74 Å². The SMILES string of the molecule is COc1c([C@@H]2CCCN2CC(=O)N2CCC(C)CC2)c(C)nn1C. The molecule has 0 N–H and O–H groups in total. The topological polar surface area (TPSA) is 50.6 Å². The molecule has 2 aliphatic heterocycles. The van der Waals surface area contributed by atoms with Gasteiger partial charge >= 0.3 is 0 Å². The zero-order valence-corrected chi connectivity index (χ0v) is 15.4. The van der Waals surface area contributed by atoms with Crippen LogP contribution in [0.1, 0.15) is 49.9 Å². The van der Waals surface area contributed by atoms with Crippen LogP contribution in [0, 0.1) is 12.8 Å². The molecule has 2 saturated heterocycles. The Labute approximate surface area is 144 Å². The molecule has 6 heteroatoms. The molecule has 1 atom stereocenters. The van der Waals surface area contributed by atoms with Crippen molar-refractivity contribution in [3.63, 3.8) is 0 Å². The zero-order valence-electron chi connectivity index (χ0n) is 15.4. The molecular weight excluding hydrogens is 304 g/mol. The molecule has 134 valence electrons. The van der Waals surface area contributed by atoms with Crippen LogP contribution in [0.25, 0.3) is 0 Å². The van der Waals surface area contributed by atoms with Crippen LogP contribution in [0.2, 0.25) is 0 Å². The van der Waals surface area contributed by atoms with E-state index in [0.29, 0.717) is 6.54 Å². The monoisotopic (exact) mass is 334 g/mol. The summed E-state index contributed by atoms with van der Waals surface area (Å²) in [6.07, 6.45) is 4.44. The Morgan fingerprint density at radius 3 is 2.62 bits per heavy atom. The second kappa shape index (κ2) is 7.13. The maximum Gasteiger partial charge on any atom is 0.236 e. The molecule has 6 nitrogen and oxygen atoms in total. The number of nitrogens with zero attached hydrogens (tertiary/aromatic N) is 4. The van der Waals surface area contributed by atoms with Gasteiger partial charge in [-0.25, -0.2) is 4.68 Å². The summed E-state index contributed by atoms with van der Waals surface area (Å²) in [6.45, 7) is 7.61. The number of likely N-dealkylation sites (tertiary alicyclic amines) is 2. The molecule has 2 fully saturated rings. The molecule has 3 rings (SSSR count). The predicted molar refractivity (Wildman–Crippen MR) is 93.0 cm³/mol. The highest BCUT2D eigenvalue weighted by atomic mass is 16.5. The van der Waals surface area contributed by atoms with Gasteiger partial charge in [-0.15, -0.1) is 0 Å². The Morgan fingerprint density at radius 2 is 1.96 bits per heavy atom. The van der Waals surface area contributed by atoms with Crippen molar-refractivity contribution in [2.24, 2.45) is 13.0 Å². The number of methoxy groups -OCH3 is 1. The average Bonchev–Trinajstić information content (AvgIpc) is 3.10. The number of rotatable bonds is 4. The summed E-state index contributed by atoms with van der Waals surface area (Å²) in [5.74, 6) is 1.84. The summed E-state index contributed by atoms with van der Waals surface area (Å²) in [6, 6.07) is 0.237. The van der Waals surface area contributed by atoms with Crippen LogP contribution in [0.5, 0.6) is 5.88 Å². The van der Waals surface area contributed by atoms with Gasteiger partial charge in [-0.3, -0.25) is 9.69 Å². The van der Waals surface area contributed by atoms with Gasteiger partial charge in [0.2, 0.25) is 11.8 Å². The van der Waals surface area contributed by atoms with Gasteiger partial charge in [0.15, 0.2) is 0 Å². The van der Waals surface area contributed by atoms with Crippen molar-refractivity contribution < 1.29 is 9.53 Å². The first-order valence-corrected chi connectivity index (χ1v) is 9.10. The van der Waals surface area contributed by atoms with Crippen molar-refractivity contribution in [3.8, 4) is 5.88 Å². The minimum absolute atomic E-state index is 0.237. The normalized spacial score (nSPS) is 23.0. The third-order valence-electron chi connectivity index (χ3n) is 5.58. The number of aryl methyl sites for hydroxylation is 2. The first-order valence-electron chi connectivity index (χ1n) is 9.10. The van der Waals surface area contributed by atoms with E-state index in [0.717, 1.165) is 68.4 Å². The summed E-state index contributed by atoms with van der Waals surface area (Å²) in [5.41, 5.74) is 2.16. The average molecular weight is 334 g/mol. The quantitative estimate of drug-likeness (QED) is 0.846. The fraction of sp³-hybridized carbons (Fsp3) is 0.778. The lowest BCUT2D eigenvalue weighted by molar-refractivity contribution is -0.134. The van der Waals surface area contributed by atoms with Gasteiger partial charge in [0, 0.05) is 26.2 Å². The summed E-state index contributed by atoms with van der Waals surface area (Å²) in [7, 11) is 3.61. The highest BCUT2D eigenvalue weighted by Crippen LogP contribution is 2.38. The number of hydrogen-bond acceptors (Lipinski definition) is 4. The van der Waals surface area contributed by atoms with E-state index in [1.165, 1.54) is 0 Å². The summed E-state index contributed by atoms with van der Waals surface area (Å²) >= 11 is 0. The number of aromatic nitrogens is 2. The van der Waals surface area contributed by atoms with Gasteiger partial charge in [-0.05, 0) is 45.1 Å². The van der Waals surface area contributed by atoms with Crippen LogP contribution in [0.3, 0.4) is 0 Å². The highest BCUT2D eigenvalue weighted by molar-refractivity contribution is 5.78. The van der Waals surface area contributed by atoms with Gasteiger partial charge < -0.3 is 9.64 Å². The maximum atomic E-state index is 12.7. The Kier molecular flexibility index (Phi) is 5.13. The molecule has 1 amide bonds. The number of amides is 1. The van der Waals surface area contributed by atoms with Crippen LogP contribution in [-0.2, 0) is 11.8 Å². The number of carbonyl (C=O) groups is 1. The Balaban J connectivity index is 1.71. The Morgan fingerprint density at radius 1 is 1.25 bits per heavy atom. The number of ether oxygens (including phenoxy) is 1. The smallest absolute Gasteiger partial charge is 0.236 e. The van der Waals surface area contributed by atoms with Crippen LogP contribution >= 0.6 is 0 Å². The van der Waals surface area contributed by atoms with Crippen molar-refractivity contribution >= 4 is 5.91 Å². The van der Waals surface area contributed by atoms with E-state index in [9.17, 15) is 4.79 Å².